The SMILES string of the molecule is O=S(=O)(O)c1cc2c([O-])c(c1)Cc1cc(S(=O)(=O)O)cc(c1O)Cc1cc(S(=O)(=O)O)cc(c1O)Cc1cc(S(=O)(=O)O)cc(c1O)Cc1cc(S(=O)(=O)O)cc(c1O)Cc1cc(S(=O)(=O)O)cc(c1[O-])C2. The predicted molar refractivity (Wildman–Crippen MR) is 240 cm³/mol. The fourth-order valence-corrected chi connectivity index (χ4v) is 11.6. The van der Waals surface area contributed by atoms with Gasteiger partial charge in [0.1, 0.15) is 23.0 Å². The number of phenols is 4. The van der Waals surface area contributed by atoms with Crippen LogP contribution in [0.3, 0.4) is 0 Å². The number of hydrogen-bond acceptors (Lipinski definition) is 18. The molecule has 0 saturated heterocycles. The summed E-state index contributed by atoms with van der Waals surface area (Å²) in [6.45, 7) is 0. The van der Waals surface area contributed by atoms with Gasteiger partial charge in [0, 0.05) is 65.5 Å². The maximum Gasteiger partial charge on any atom is 0.294 e. The number of aromatic hydroxyl groups is 4. The lowest BCUT2D eigenvalue weighted by molar-refractivity contribution is -0.271. The van der Waals surface area contributed by atoms with Crippen molar-refractivity contribution in [3.8, 4) is 34.5 Å². The van der Waals surface area contributed by atoms with Crippen LogP contribution in [0.5, 0.6) is 34.5 Å². The zero-order chi connectivity index (χ0) is 53.6. The first-order valence-corrected chi connectivity index (χ1v) is 28.4. The van der Waals surface area contributed by atoms with E-state index in [0.717, 1.165) is 0 Å². The van der Waals surface area contributed by atoms with Crippen molar-refractivity contribution in [2.45, 2.75) is 67.9 Å². The van der Waals surface area contributed by atoms with Crippen molar-refractivity contribution in [2.24, 2.45) is 0 Å². The molecule has 10 N–H and O–H groups in total. The largest absolute Gasteiger partial charge is 0.872 e. The standard InChI is InChI=1S/C42H36O24S6/c43-37-19-1-20-8-32(68(52,53)54)10-22(38(20)44)3-24-12-34(70(58,59)60)14-26(40(24)46)5-28-16-36(72(64,65)66)18-30(42(28)48)6-29-17-35(71(61,62)63)15-27(41(29)47)4-25-13-33(69(55,56)57)11-23(39(25)45)2-21(37)9-31(7-19)67(49,50)51/h7-18,43-48H,1-6H2,(H,49,50,51)(H,52,53,54)(H,55,56,57)(H,58,59,60)(H,61,62,63)(H,64,65,66)/p-2. The third-order valence-electron chi connectivity index (χ3n) is 11.5. The van der Waals surface area contributed by atoms with Gasteiger partial charge in [0.05, 0.1) is 29.4 Å². The second-order valence-corrected chi connectivity index (χ2v) is 24.9. The minimum Gasteiger partial charge on any atom is -0.872 e. The summed E-state index contributed by atoms with van der Waals surface area (Å²) in [7, 11) is -31.8. The van der Waals surface area contributed by atoms with Crippen molar-refractivity contribution in [2.75, 3.05) is 0 Å². The van der Waals surface area contributed by atoms with Gasteiger partial charge in [0.25, 0.3) is 60.7 Å². The smallest absolute Gasteiger partial charge is 0.294 e. The zero-order valence-corrected chi connectivity index (χ0v) is 40.7. The molecule has 0 fully saturated rings. The second-order valence-electron chi connectivity index (χ2n) is 16.4. The van der Waals surface area contributed by atoms with E-state index in [1.54, 1.807) is 0 Å². The molecule has 12 bridgehead atoms. The first-order valence-electron chi connectivity index (χ1n) is 19.8. The number of benzene rings is 6. The van der Waals surface area contributed by atoms with Crippen LogP contribution in [-0.2, 0) is 99.2 Å². The Balaban J connectivity index is 1.61. The van der Waals surface area contributed by atoms with Crippen LogP contribution in [0.15, 0.2) is 102 Å². The Hall–Kier alpha value is -6.42. The molecular weight excluding hydrogens is 1080 g/mol. The van der Waals surface area contributed by atoms with Crippen LogP contribution in [0.4, 0.5) is 0 Å². The Kier molecular flexibility index (Phi) is 13.5. The normalized spacial score (nSPS) is 14.1. The highest BCUT2D eigenvalue weighted by Crippen LogP contribution is 2.41. The lowest BCUT2D eigenvalue weighted by Crippen LogP contribution is -2.12. The number of hydrogen-bond donors (Lipinski definition) is 10. The Bertz CT molecular complexity index is 3220. The highest BCUT2D eigenvalue weighted by Gasteiger charge is 2.27. The van der Waals surface area contributed by atoms with E-state index in [4.69, 9.17) is 0 Å². The maximum absolute atomic E-state index is 14.2. The topological polar surface area (TPSA) is 453 Å². The lowest BCUT2D eigenvalue weighted by Gasteiger charge is -2.25. The van der Waals surface area contributed by atoms with E-state index in [2.05, 4.69) is 0 Å². The number of fused-ring (bicyclic) bond motifs is 12. The molecule has 0 amide bonds. The predicted octanol–water partition coefficient (Wildman–Crippen LogP) is 1.99. The summed E-state index contributed by atoms with van der Waals surface area (Å²) in [5, 5.41) is 74.9. The molecule has 7 rings (SSSR count). The van der Waals surface area contributed by atoms with Crippen LogP contribution >= 0.6 is 0 Å². The average molecular weight is 1120 g/mol. The van der Waals surface area contributed by atoms with Crippen LogP contribution in [0.25, 0.3) is 0 Å². The summed E-state index contributed by atoms with van der Waals surface area (Å²) in [4.78, 5) is -6.19. The summed E-state index contributed by atoms with van der Waals surface area (Å²) in [5.74, 6) is -6.23. The van der Waals surface area contributed by atoms with Gasteiger partial charge in [-0.25, -0.2) is 0 Å². The lowest BCUT2D eigenvalue weighted by atomic mass is 9.91. The average Bonchev–Trinajstić information content (AvgIpc) is 3.23. The number of rotatable bonds is 6. The fourth-order valence-electron chi connectivity index (χ4n) is 8.09. The number of phenolic OH excluding ortho intramolecular Hbond substituents is 4. The van der Waals surface area contributed by atoms with Gasteiger partial charge < -0.3 is 30.6 Å². The second kappa shape index (κ2) is 18.3. The van der Waals surface area contributed by atoms with Gasteiger partial charge in [-0.2, -0.15) is 50.5 Å². The summed E-state index contributed by atoms with van der Waals surface area (Å²) in [6.07, 6.45) is -5.89. The van der Waals surface area contributed by atoms with Crippen LogP contribution in [0, 0.1) is 0 Å². The van der Waals surface area contributed by atoms with E-state index in [0.29, 0.717) is 72.8 Å². The molecule has 0 aliphatic heterocycles. The molecule has 0 atom stereocenters. The third kappa shape index (κ3) is 11.1. The third-order valence-corrected chi connectivity index (χ3v) is 16.5. The molecule has 1 aliphatic rings. The molecular formula is C42H34O24S6-2. The molecule has 0 saturated carbocycles. The van der Waals surface area contributed by atoms with Gasteiger partial charge in [0.2, 0.25) is 0 Å². The first-order chi connectivity index (χ1) is 32.9. The molecule has 1 aliphatic carbocycles. The van der Waals surface area contributed by atoms with Gasteiger partial charge in [0.15, 0.2) is 0 Å². The molecule has 6 aromatic rings. The maximum atomic E-state index is 14.2. The summed E-state index contributed by atoms with van der Waals surface area (Å²) < 4.78 is 212. The fraction of sp³-hybridized carbons (Fsp3) is 0.143. The first kappa shape index (κ1) is 53.4. The quantitative estimate of drug-likeness (QED) is 0.106. The van der Waals surface area contributed by atoms with Gasteiger partial charge in [-0.05, 0) is 113 Å². The van der Waals surface area contributed by atoms with Crippen molar-refractivity contribution < 1.29 is 108 Å². The van der Waals surface area contributed by atoms with Crippen LogP contribution in [0.1, 0.15) is 66.8 Å². The monoisotopic (exact) mass is 1110 g/mol. The van der Waals surface area contributed by atoms with Gasteiger partial charge in [-0.1, -0.05) is 0 Å². The molecule has 30 heteroatoms. The minimum absolute atomic E-state index is 0.554. The molecule has 384 valence electrons. The molecule has 0 heterocycles. The van der Waals surface area contributed by atoms with Crippen molar-refractivity contribution in [1.29, 1.82) is 0 Å². The van der Waals surface area contributed by atoms with Crippen LogP contribution in [0.2, 0.25) is 0 Å². The summed E-state index contributed by atoms with van der Waals surface area (Å²) in [5.41, 5.74) is -7.64. The summed E-state index contributed by atoms with van der Waals surface area (Å²) in [6, 6.07) is 7.22. The van der Waals surface area contributed by atoms with Crippen LogP contribution < -0.4 is 10.2 Å². The summed E-state index contributed by atoms with van der Waals surface area (Å²) >= 11 is 0. The Morgan fingerprint density at radius 2 is 0.361 bits per heavy atom. The van der Waals surface area contributed by atoms with Gasteiger partial charge in [-0.15, -0.1) is 11.5 Å². The van der Waals surface area contributed by atoms with Crippen molar-refractivity contribution >= 4 is 60.7 Å². The molecule has 0 unspecified atom stereocenters. The Morgan fingerprint density at radius 1 is 0.250 bits per heavy atom. The van der Waals surface area contributed by atoms with Crippen molar-refractivity contribution in [3.05, 3.63) is 140 Å². The van der Waals surface area contributed by atoms with Crippen LogP contribution in [-0.4, -0.2) is 98.2 Å². The zero-order valence-electron chi connectivity index (χ0n) is 35.8. The minimum atomic E-state index is -5.32. The van der Waals surface area contributed by atoms with E-state index in [9.17, 15) is 108 Å². The highest BCUT2D eigenvalue weighted by molar-refractivity contribution is 7.87. The Morgan fingerprint density at radius 3 is 0.500 bits per heavy atom. The van der Waals surface area contributed by atoms with E-state index in [-0.39, 0.29) is 0 Å². The van der Waals surface area contributed by atoms with E-state index >= 15 is 0 Å². The van der Waals surface area contributed by atoms with E-state index < -0.39 is 230 Å². The van der Waals surface area contributed by atoms with Gasteiger partial charge >= 0.3 is 0 Å². The Labute approximate surface area is 408 Å². The van der Waals surface area contributed by atoms with E-state index in [1.165, 1.54) is 0 Å². The highest BCUT2D eigenvalue weighted by atomic mass is 32.2. The van der Waals surface area contributed by atoms with Crippen molar-refractivity contribution in [1.82, 2.24) is 0 Å². The van der Waals surface area contributed by atoms with Gasteiger partial charge in [-0.3, -0.25) is 27.3 Å². The molecule has 6 aromatic carbocycles. The molecule has 0 radical (unpaired) electrons. The van der Waals surface area contributed by atoms with Crippen molar-refractivity contribution in [3.63, 3.8) is 0 Å². The molecule has 0 aromatic heterocycles. The molecule has 72 heavy (non-hydrogen) atoms. The van der Waals surface area contributed by atoms with E-state index in [1.807, 2.05) is 0 Å². The molecule has 24 nitrogen and oxygen atoms in total. The molecule has 0 spiro atoms.